The Bertz CT molecular complexity index is 133. The van der Waals surface area contributed by atoms with E-state index in [1.165, 1.54) is 6.42 Å². The lowest BCUT2D eigenvalue weighted by Gasteiger charge is -2.36. The summed E-state index contributed by atoms with van der Waals surface area (Å²) in [6, 6.07) is 0.413. The number of ether oxygens (including phenoxy) is 1. The normalized spacial score (nSPS) is 19.4. The van der Waals surface area contributed by atoms with Gasteiger partial charge in [0.25, 0.3) is 0 Å². The van der Waals surface area contributed by atoms with Gasteiger partial charge in [-0.05, 0) is 12.3 Å². The van der Waals surface area contributed by atoms with Crippen LogP contribution in [0.15, 0.2) is 0 Å². The maximum absolute atomic E-state index is 5.66. The van der Waals surface area contributed by atoms with Crippen molar-refractivity contribution in [3.63, 3.8) is 0 Å². The SMILES string of the molecule is CC(C)CCOCCN1CC(N)C1. The van der Waals surface area contributed by atoms with Crippen LogP contribution in [-0.2, 0) is 4.74 Å². The van der Waals surface area contributed by atoms with Crippen molar-refractivity contribution in [3.05, 3.63) is 0 Å². The molecule has 0 radical (unpaired) electrons. The van der Waals surface area contributed by atoms with Gasteiger partial charge >= 0.3 is 0 Å². The van der Waals surface area contributed by atoms with Crippen LogP contribution in [-0.4, -0.2) is 43.8 Å². The molecule has 3 nitrogen and oxygen atoms in total. The van der Waals surface area contributed by atoms with Gasteiger partial charge in [-0.25, -0.2) is 0 Å². The summed E-state index contributed by atoms with van der Waals surface area (Å²) in [5.41, 5.74) is 5.66. The Labute approximate surface area is 81.2 Å². The van der Waals surface area contributed by atoms with E-state index in [0.717, 1.165) is 38.8 Å². The second-order valence-corrected chi connectivity index (χ2v) is 4.31. The molecule has 1 fully saturated rings. The fraction of sp³-hybridized carbons (Fsp3) is 1.00. The van der Waals surface area contributed by atoms with Crippen molar-refractivity contribution in [3.8, 4) is 0 Å². The minimum Gasteiger partial charge on any atom is -0.380 e. The summed E-state index contributed by atoms with van der Waals surface area (Å²) < 4.78 is 5.50. The van der Waals surface area contributed by atoms with Crippen LogP contribution in [0.4, 0.5) is 0 Å². The van der Waals surface area contributed by atoms with Crippen LogP contribution in [0.5, 0.6) is 0 Å². The Morgan fingerprint density at radius 3 is 2.62 bits per heavy atom. The van der Waals surface area contributed by atoms with E-state index in [2.05, 4.69) is 18.7 Å². The molecule has 3 heteroatoms. The highest BCUT2D eigenvalue weighted by molar-refractivity contribution is 4.81. The van der Waals surface area contributed by atoms with Gasteiger partial charge in [-0.3, -0.25) is 4.90 Å². The summed E-state index contributed by atoms with van der Waals surface area (Å²) in [6.45, 7) is 9.35. The molecule has 1 rings (SSSR count). The van der Waals surface area contributed by atoms with Gasteiger partial charge in [-0.15, -0.1) is 0 Å². The maximum Gasteiger partial charge on any atom is 0.0593 e. The first-order valence-electron chi connectivity index (χ1n) is 5.24. The number of hydrogen-bond acceptors (Lipinski definition) is 3. The lowest BCUT2D eigenvalue weighted by Crippen LogP contribution is -2.56. The second kappa shape index (κ2) is 5.58. The third-order valence-electron chi connectivity index (χ3n) is 2.38. The minimum absolute atomic E-state index is 0.413. The van der Waals surface area contributed by atoms with Crippen molar-refractivity contribution < 1.29 is 4.74 Å². The minimum atomic E-state index is 0.413. The number of hydrogen-bond donors (Lipinski definition) is 1. The molecule has 0 amide bonds. The van der Waals surface area contributed by atoms with Gasteiger partial charge in [0.2, 0.25) is 0 Å². The quantitative estimate of drug-likeness (QED) is 0.620. The van der Waals surface area contributed by atoms with Gasteiger partial charge in [0.1, 0.15) is 0 Å². The van der Waals surface area contributed by atoms with E-state index in [0.29, 0.717) is 6.04 Å². The second-order valence-electron chi connectivity index (χ2n) is 4.31. The van der Waals surface area contributed by atoms with Gasteiger partial charge in [0.05, 0.1) is 6.61 Å². The van der Waals surface area contributed by atoms with Crippen LogP contribution in [0.2, 0.25) is 0 Å². The van der Waals surface area contributed by atoms with Gasteiger partial charge in [-0.1, -0.05) is 13.8 Å². The van der Waals surface area contributed by atoms with Crippen LogP contribution in [0.25, 0.3) is 0 Å². The average molecular weight is 186 g/mol. The summed E-state index contributed by atoms with van der Waals surface area (Å²) >= 11 is 0. The molecule has 0 saturated carbocycles. The van der Waals surface area contributed by atoms with Crippen molar-refractivity contribution in [1.29, 1.82) is 0 Å². The summed E-state index contributed by atoms with van der Waals surface area (Å²) in [5, 5.41) is 0. The molecule has 0 atom stereocenters. The zero-order chi connectivity index (χ0) is 9.68. The molecule has 78 valence electrons. The molecule has 1 aliphatic rings. The Morgan fingerprint density at radius 1 is 1.38 bits per heavy atom. The molecule has 1 heterocycles. The molecule has 1 saturated heterocycles. The van der Waals surface area contributed by atoms with Gasteiger partial charge < -0.3 is 10.5 Å². The lowest BCUT2D eigenvalue weighted by molar-refractivity contribution is 0.0667. The van der Waals surface area contributed by atoms with E-state index in [-0.39, 0.29) is 0 Å². The smallest absolute Gasteiger partial charge is 0.0593 e. The largest absolute Gasteiger partial charge is 0.380 e. The fourth-order valence-corrected chi connectivity index (χ4v) is 1.41. The van der Waals surface area contributed by atoms with Crippen LogP contribution in [0.1, 0.15) is 20.3 Å². The highest BCUT2D eigenvalue weighted by Gasteiger charge is 2.21. The van der Waals surface area contributed by atoms with Crippen molar-refractivity contribution in [1.82, 2.24) is 4.90 Å². The number of nitrogens with two attached hydrogens (primary N) is 1. The topological polar surface area (TPSA) is 38.5 Å². The molecular weight excluding hydrogens is 164 g/mol. The summed E-state index contributed by atoms with van der Waals surface area (Å²) in [4.78, 5) is 2.33. The Morgan fingerprint density at radius 2 is 2.08 bits per heavy atom. The first-order chi connectivity index (χ1) is 6.18. The molecule has 0 aromatic carbocycles. The Kier molecular flexibility index (Phi) is 4.70. The molecule has 2 N–H and O–H groups in total. The monoisotopic (exact) mass is 186 g/mol. The number of rotatable bonds is 6. The Hall–Kier alpha value is -0.120. The van der Waals surface area contributed by atoms with Crippen LogP contribution in [0, 0.1) is 5.92 Å². The van der Waals surface area contributed by atoms with Crippen LogP contribution >= 0.6 is 0 Å². The molecule has 0 aromatic heterocycles. The highest BCUT2D eigenvalue weighted by atomic mass is 16.5. The van der Waals surface area contributed by atoms with Crippen LogP contribution < -0.4 is 5.73 Å². The van der Waals surface area contributed by atoms with Gasteiger partial charge in [-0.2, -0.15) is 0 Å². The third-order valence-corrected chi connectivity index (χ3v) is 2.38. The highest BCUT2D eigenvalue weighted by Crippen LogP contribution is 2.04. The molecule has 0 aromatic rings. The van der Waals surface area contributed by atoms with Gasteiger partial charge in [0.15, 0.2) is 0 Å². The standard InChI is InChI=1S/C10H22N2O/c1-9(2)3-5-13-6-4-12-7-10(11)8-12/h9-10H,3-8,11H2,1-2H3. The van der Waals surface area contributed by atoms with E-state index in [9.17, 15) is 0 Å². The zero-order valence-corrected chi connectivity index (χ0v) is 8.83. The first kappa shape index (κ1) is 11.0. The van der Waals surface area contributed by atoms with Gasteiger partial charge in [0, 0.05) is 32.3 Å². The number of likely N-dealkylation sites (tertiary alicyclic amines) is 1. The molecular formula is C10H22N2O. The Balaban J connectivity index is 1.79. The predicted octanol–water partition coefficient (Wildman–Crippen LogP) is 0.692. The van der Waals surface area contributed by atoms with Crippen molar-refractivity contribution >= 4 is 0 Å². The maximum atomic E-state index is 5.66. The summed E-state index contributed by atoms with van der Waals surface area (Å²) in [7, 11) is 0. The first-order valence-corrected chi connectivity index (χ1v) is 5.24. The van der Waals surface area contributed by atoms with E-state index < -0.39 is 0 Å². The summed E-state index contributed by atoms with van der Waals surface area (Å²) in [6.07, 6.45) is 1.17. The van der Waals surface area contributed by atoms with Crippen molar-refractivity contribution in [2.24, 2.45) is 11.7 Å². The predicted molar refractivity (Wildman–Crippen MR) is 54.7 cm³/mol. The lowest BCUT2D eigenvalue weighted by atomic mass is 10.1. The van der Waals surface area contributed by atoms with E-state index in [4.69, 9.17) is 10.5 Å². The summed E-state index contributed by atoms with van der Waals surface area (Å²) in [5.74, 6) is 0.748. The van der Waals surface area contributed by atoms with Crippen molar-refractivity contribution in [2.45, 2.75) is 26.3 Å². The van der Waals surface area contributed by atoms with Crippen LogP contribution in [0.3, 0.4) is 0 Å². The van der Waals surface area contributed by atoms with E-state index in [1.807, 2.05) is 0 Å². The third kappa shape index (κ3) is 4.60. The molecule has 0 aliphatic carbocycles. The fourth-order valence-electron chi connectivity index (χ4n) is 1.41. The zero-order valence-electron chi connectivity index (χ0n) is 8.83. The van der Waals surface area contributed by atoms with Crippen molar-refractivity contribution in [2.75, 3.05) is 32.8 Å². The van der Waals surface area contributed by atoms with E-state index >= 15 is 0 Å². The molecule has 0 spiro atoms. The number of nitrogens with zero attached hydrogens (tertiary/aromatic N) is 1. The molecule has 0 unspecified atom stereocenters. The molecule has 13 heavy (non-hydrogen) atoms. The molecule has 0 bridgehead atoms. The van der Waals surface area contributed by atoms with E-state index in [1.54, 1.807) is 0 Å². The molecule has 1 aliphatic heterocycles. The average Bonchev–Trinajstić information content (AvgIpc) is 1.99.